The van der Waals surface area contributed by atoms with E-state index >= 15 is 0 Å². The summed E-state index contributed by atoms with van der Waals surface area (Å²) in [6.07, 6.45) is 3.31. The van der Waals surface area contributed by atoms with Crippen LogP contribution in [0.4, 0.5) is 0 Å². The van der Waals surface area contributed by atoms with Crippen molar-refractivity contribution in [3.63, 3.8) is 0 Å². The maximum Gasteiger partial charge on any atom is 0.295 e. The van der Waals surface area contributed by atoms with E-state index in [1.54, 1.807) is 42.7 Å². The smallest absolute Gasteiger partial charge is 0.295 e. The molecule has 38 heavy (non-hydrogen) atoms. The molecule has 2 heterocycles. The summed E-state index contributed by atoms with van der Waals surface area (Å²) in [6.45, 7) is 2.63. The Morgan fingerprint density at radius 3 is 2.50 bits per heavy atom. The third kappa shape index (κ3) is 5.24. The number of ether oxygens (including phenoxy) is 1. The van der Waals surface area contributed by atoms with E-state index in [2.05, 4.69) is 20.9 Å². The van der Waals surface area contributed by atoms with E-state index in [4.69, 9.17) is 4.74 Å². The largest absolute Gasteiger partial charge is 0.507 e. The molecule has 1 amide bonds. The molecule has 3 aromatic carbocycles. The summed E-state index contributed by atoms with van der Waals surface area (Å²) in [5, 5.41) is 11.3. The third-order valence-corrected chi connectivity index (χ3v) is 7.06. The number of rotatable bonds is 7. The molecule has 1 fully saturated rings. The van der Waals surface area contributed by atoms with E-state index in [-0.39, 0.29) is 17.9 Å². The number of nitrogens with zero attached hydrogens (tertiary/aromatic N) is 2. The zero-order valence-corrected chi connectivity index (χ0v) is 22.3. The molecule has 1 aliphatic rings. The zero-order valence-electron chi connectivity index (χ0n) is 20.7. The predicted octanol–water partition coefficient (Wildman–Crippen LogP) is 6.35. The quantitative estimate of drug-likeness (QED) is 0.159. The van der Waals surface area contributed by atoms with E-state index in [1.807, 2.05) is 61.5 Å². The number of ketones is 1. The molecule has 0 aliphatic carbocycles. The highest BCUT2D eigenvalue weighted by Crippen LogP contribution is 2.41. The number of hydrogen-bond donors (Lipinski definition) is 1. The van der Waals surface area contributed by atoms with Crippen molar-refractivity contribution in [2.45, 2.75) is 26.1 Å². The highest BCUT2D eigenvalue weighted by molar-refractivity contribution is 9.10. The van der Waals surface area contributed by atoms with Crippen LogP contribution in [0, 0.1) is 6.92 Å². The molecule has 1 aromatic heterocycles. The number of aliphatic hydroxyl groups excluding tert-OH is 1. The minimum absolute atomic E-state index is 0.0468. The monoisotopic (exact) mass is 568 g/mol. The average molecular weight is 569 g/mol. The van der Waals surface area contributed by atoms with Crippen LogP contribution in [0.5, 0.6) is 5.75 Å². The third-order valence-electron chi connectivity index (χ3n) is 6.56. The normalized spacial score (nSPS) is 16.6. The number of carbonyl (C=O) groups is 2. The number of aryl methyl sites for hydroxylation is 1. The van der Waals surface area contributed by atoms with Gasteiger partial charge in [-0.15, -0.1) is 0 Å². The summed E-state index contributed by atoms with van der Waals surface area (Å²) in [7, 11) is 0. The van der Waals surface area contributed by atoms with Crippen LogP contribution in [0.1, 0.15) is 33.9 Å². The lowest BCUT2D eigenvalue weighted by Gasteiger charge is -2.25. The number of benzene rings is 3. The van der Waals surface area contributed by atoms with E-state index in [1.165, 1.54) is 4.90 Å². The number of Topliss-reactive ketones (excluding diaryl/α,β-unsaturated/α-hetero) is 1. The van der Waals surface area contributed by atoms with Gasteiger partial charge >= 0.3 is 0 Å². The molecular formula is C31H25BrN2O4. The topological polar surface area (TPSA) is 79.7 Å². The van der Waals surface area contributed by atoms with Crippen LogP contribution in [-0.4, -0.2) is 26.7 Å². The molecule has 6 nitrogen and oxygen atoms in total. The summed E-state index contributed by atoms with van der Waals surface area (Å²) < 4.78 is 6.72. The fourth-order valence-corrected chi connectivity index (χ4v) is 4.97. The van der Waals surface area contributed by atoms with Crippen molar-refractivity contribution in [2.75, 3.05) is 0 Å². The minimum atomic E-state index is -0.760. The maximum atomic E-state index is 13.3. The first-order chi connectivity index (χ1) is 18.4. The molecule has 190 valence electrons. The number of aromatic nitrogens is 1. The first kappa shape index (κ1) is 25.4. The van der Waals surface area contributed by atoms with Gasteiger partial charge in [0.15, 0.2) is 0 Å². The standard InChI is InChI=1S/C31H25BrN2O4/c1-20-6-2-3-8-24(20)19-38-26-13-11-22(12-14-26)29(35)27-28(23-9-4-10-25(32)16-23)34(31(37)30(27)36)18-21-7-5-15-33-17-21/h2-17,28,35H,18-19H2,1H3. The zero-order chi connectivity index (χ0) is 26.6. The molecule has 1 N–H and O–H groups in total. The van der Waals surface area contributed by atoms with Crippen LogP contribution in [-0.2, 0) is 22.7 Å². The molecule has 0 bridgehead atoms. The van der Waals surface area contributed by atoms with Gasteiger partial charge in [0.1, 0.15) is 18.1 Å². The number of aliphatic hydroxyl groups is 1. The molecule has 5 rings (SSSR count). The van der Waals surface area contributed by atoms with Crippen molar-refractivity contribution in [2.24, 2.45) is 0 Å². The van der Waals surface area contributed by atoms with Crippen LogP contribution in [0.25, 0.3) is 5.76 Å². The van der Waals surface area contributed by atoms with E-state index in [9.17, 15) is 14.7 Å². The van der Waals surface area contributed by atoms with Gasteiger partial charge in [0.2, 0.25) is 0 Å². The van der Waals surface area contributed by atoms with Gasteiger partial charge in [-0.2, -0.15) is 0 Å². The molecular weight excluding hydrogens is 544 g/mol. The van der Waals surface area contributed by atoms with Gasteiger partial charge in [-0.1, -0.05) is 58.4 Å². The average Bonchev–Trinajstić information content (AvgIpc) is 3.18. The van der Waals surface area contributed by atoms with Crippen LogP contribution in [0.3, 0.4) is 0 Å². The summed E-state index contributed by atoms with van der Waals surface area (Å²) in [5.74, 6) is -0.993. The first-order valence-corrected chi connectivity index (χ1v) is 12.9. The number of amides is 1. The second-order valence-electron chi connectivity index (χ2n) is 9.08. The number of likely N-dealkylation sites (tertiary alicyclic amines) is 1. The van der Waals surface area contributed by atoms with Gasteiger partial charge in [0.25, 0.3) is 11.7 Å². The fraction of sp³-hybridized carbons (Fsp3) is 0.129. The highest BCUT2D eigenvalue weighted by Gasteiger charge is 2.46. The van der Waals surface area contributed by atoms with Gasteiger partial charge < -0.3 is 14.7 Å². The Kier molecular flexibility index (Phi) is 7.38. The van der Waals surface area contributed by atoms with Gasteiger partial charge in [0.05, 0.1) is 11.6 Å². The Morgan fingerprint density at radius 2 is 1.79 bits per heavy atom. The summed E-state index contributed by atoms with van der Waals surface area (Å²) in [6, 6.07) is 25.1. The highest BCUT2D eigenvalue weighted by atomic mass is 79.9. The number of carbonyl (C=O) groups excluding carboxylic acids is 2. The number of pyridine rings is 1. The molecule has 1 saturated heterocycles. The Labute approximate surface area is 229 Å². The molecule has 1 unspecified atom stereocenters. The summed E-state index contributed by atoms with van der Waals surface area (Å²) in [5.41, 5.74) is 4.19. The van der Waals surface area contributed by atoms with Crippen LogP contribution in [0.2, 0.25) is 0 Å². The van der Waals surface area contributed by atoms with E-state index in [0.29, 0.717) is 23.5 Å². The summed E-state index contributed by atoms with van der Waals surface area (Å²) in [4.78, 5) is 32.1. The van der Waals surface area contributed by atoms with Crippen molar-refractivity contribution in [3.8, 4) is 5.75 Å². The fourth-order valence-electron chi connectivity index (χ4n) is 4.55. The molecule has 1 atom stereocenters. The minimum Gasteiger partial charge on any atom is -0.507 e. The van der Waals surface area contributed by atoms with Gasteiger partial charge in [-0.3, -0.25) is 14.6 Å². The SMILES string of the molecule is Cc1ccccc1COc1ccc(C(O)=C2C(=O)C(=O)N(Cc3cccnc3)C2c2cccc(Br)c2)cc1. The Morgan fingerprint density at radius 1 is 1.00 bits per heavy atom. The first-order valence-electron chi connectivity index (χ1n) is 12.1. The van der Waals surface area contributed by atoms with Crippen LogP contribution >= 0.6 is 15.9 Å². The Bertz CT molecular complexity index is 1520. The predicted molar refractivity (Wildman–Crippen MR) is 148 cm³/mol. The van der Waals surface area contributed by atoms with Gasteiger partial charge in [-0.25, -0.2) is 0 Å². The molecule has 7 heteroatoms. The van der Waals surface area contributed by atoms with Crippen molar-refractivity contribution < 1.29 is 19.4 Å². The van der Waals surface area contributed by atoms with E-state index in [0.717, 1.165) is 21.2 Å². The second-order valence-corrected chi connectivity index (χ2v) is 10.00. The second kappa shape index (κ2) is 11.0. The lowest BCUT2D eigenvalue weighted by Crippen LogP contribution is -2.29. The van der Waals surface area contributed by atoms with Gasteiger partial charge in [-0.05, 0) is 71.6 Å². The van der Waals surface area contributed by atoms with Crippen molar-refractivity contribution in [1.29, 1.82) is 0 Å². The lowest BCUT2D eigenvalue weighted by molar-refractivity contribution is -0.140. The Hall–Kier alpha value is -4.23. The van der Waals surface area contributed by atoms with Crippen molar-refractivity contribution in [3.05, 3.63) is 135 Å². The molecule has 0 radical (unpaired) electrons. The molecule has 0 spiro atoms. The maximum absolute atomic E-state index is 13.3. The Balaban J connectivity index is 1.48. The molecule has 1 aliphatic heterocycles. The number of hydrogen-bond acceptors (Lipinski definition) is 5. The van der Waals surface area contributed by atoms with Gasteiger partial charge in [0, 0.05) is 29.0 Å². The van der Waals surface area contributed by atoms with Crippen LogP contribution < -0.4 is 4.74 Å². The van der Waals surface area contributed by atoms with Crippen molar-refractivity contribution >= 4 is 33.4 Å². The molecule has 0 saturated carbocycles. The molecule has 4 aromatic rings. The van der Waals surface area contributed by atoms with E-state index < -0.39 is 17.7 Å². The number of halogens is 1. The summed E-state index contributed by atoms with van der Waals surface area (Å²) >= 11 is 3.48. The van der Waals surface area contributed by atoms with Crippen LogP contribution in [0.15, 0.2) is 107 Å². The van der Waals surface area contributed by atoms with Crippen molar-refractivity contribution in [1.82, 2.24) is 9.88 Å². The lowest BCUT2D eigenvalue weighted by atomic mass is 9.95.